The van der Waals surface area contributed by atoms with E-state index < -0.39 is 47.8 Å². The molecule has 0 bridgehead atoms. The van der Waals surface area contributed by atoms with E-state index in [-0.39, 0.29) is 4.90 Å². The SMILES string of the molecule is O=S(=O)(NC1CCOCC1)c1cccc(S(=O)(=O)c2ccccc2)c1OC(F)(F)F. The van der Waals surface area contributed by atoms with E-state index in [4.69, 9.17) is 4.74 Å². The summed E-state index contributed by atoms with van der Waals surface area (Å²) in [6.45, 7) is 0.586. The zero-order chi connectivity index (χ0) is 22.0. The molecule has 12 heteroatoms. The van der Waals surface area contributed by atoms with E-state index in [1.54, 1.807) is 0 Å². The second-order valence-electron chi connectivity index (χ2n) is 6.46. The van der Waals surface area contributed by atoms with Crippen molar-refractivity contribution in [1.29, 1.82) is 0 Å². The first-order valence-corrected chi connectivity index (χ1v) is 11.8. The average molecular weight is 465 g/mol. The van der Waals surface area contributed by atoms with Crippen LogP contribution >= 0.6 is 0 Å². The second-order valence-corrected chi connectivity index (χ2v) is 10.1. The van der Waals surface area contributed by atoms with E-state index >= 15 is 0 Å². The highest BCUT2D eigenvalue weighted by molar-refractivity contribution is 7.92. The number of benzene rings is 2. The number of halogens is 3. The molecule has 1 aliphatic heterocycles. The minimum Gasteiger partial charge on any atom is -0.403 e. The molecule has 0 aliphatic carbocycles. The molecule has 1 heterocycles. The molecule has 0 amide bonds. The summed E-state index contributed by atoms with van der Waals surface area (Å²) in [5.74, 6) is -1.30. The molecule has 0 spiro atoms. The van der Waals surface area contributed by atoms with E-state index in [1.807, 2.05) is 0 Å². The second kappa shape index (κ2) is 8.53. The van der Waals surface area contributed by atoms with Crippen molar-refractivity contribution in [2.24, 2.45) is 0 Å². The number of rotatable bonds is 6. The largest absolute Gasteiger partial charge is 0.573 e. The standard InChI is InChI=1S/C18H18F3NO6S2/c19-18(20,21)28-17-15(29(23,24)14-5-2-1-3-6-14)7-4-8-16(17)30(25,26)22-13-9-11-27-12-10-13/h1-8,13,22H,9-12H2. The third kappa shape index (κ3) is 5.12. The van der Waals surface area contributed by atoms with Crippen molar-refractivity contribution >= 4 is 19.9 Å². The van der Waals surface area contributed by atoms with Gasteiger partial charge in [-0.05, 0) is 37.1 Å². The monoisotopic (exact) mass is 465 g/mol. The first-order valence-electron chi connectivity index (χ1n) is 8.80. The zero-order valence-electron chi connectivity index (χ0n) is 15.4. The molecule has 0 aromatic heterocycles. The highest BCUT2D eigenvalue weighted by Crippen LogP contribution is 2.38. The minimum atomic E-state index is -5.31. The Labute approximate surface area is 171 Å². The van der Waals surface area contributed by atoms with Gasteiger partial charge in [-0.2, -0.15) is 0 Å². The van der Waals surface area contributed by atoms with Crippen LogP contribution < -0.4 is 9.46 Å². The average Bonchev–Trinajstić information content (AvgIpc) is 2.68. The molecule has 2 aromatic carbocycles. The van der Waals surface area contributed by atoms with Crippen LogP contribution in [0.15, 0.2) is 63.2 Å². The van der Waals surface area contributed by atoms with Crippen molar-refractivity contribution in [3.05, 3.63) is 48.5 Å². The fraction of sp³-hybridized carbons (Fsp3) is 0.333. The minimum absolute atomic E-state index is 0.293. The number of hydrogen-bond acceptors (Lipinski definition) is 6. The van der Waals surface area contributed by atoms with Gasteiger partial charge in [0.25, 0.3) is 0 Å². The summed E-state index contributed by atoms with van der Waals surface area (Å²) in [4.78, 5) is -2.12. The summed E-state index contributed by atoms with van der Waals surface area (Å²) in [6, 6.07) is 8.93. The Kier molecular flexibility index (Phi) is 6.41. The molecule has 0 saturated carbocycles. The van der Waals surface area contributed by atoms with Gasteiger partial charge >= 0.3 is 6.36 Å². The lowest BCUT2D eigenvalue weighted by molar-refractivity contribution is -0.276. The van der Waals surface area contributed by atoms with Crippen molar-refractivity contribution in [2.75, 3.05) is 13.2 Å². The summed E-state index contributed by atoms with van der Waals surface area (Å²) < 4.78 is 102. The fourth-order valence-corrected chi connectivity index (χ4v) is 5.90. The Morgan fingerprint density at radius 2 is 1.50 bits per heavy atom. The topological polar surface area (TPSA) is 98.8 Å². The van der Waals surface area contributed by atoms with E-state index in [0.717, 1.165) is 18.2 Å². The van der Waals surface area contributed by atoms with Crippen LogP contribution in [0.3, 0.4) is 0 Å². The van der Waals surface area contributed by atoms with Crippen molar-refractivity contribution in [2.45, 2.75) is 39.9 Å². The summed E-state index contributed by atoms with van der Waals surface area (Å²) in [6.07, 6.45) is -4.65. The molecule has 30 heavy (non-hydrogen) atoms. The Bertz CT molecular complexity index is 1100. The molecule has 2 aromatic rings. The Morgan fingerprint density at radius 3 is 2.10 bits per heavy atom. The molecule has 0 atom stereocenters. The Hall–Kier alpha value is -2.15. The molecule has 7 nitrogen and oxygen atoms in total. The van der Waals surface area contributed by atoms with Crippen molar-refractivity contribution in [1.82, 2.24) is 4.72 Å². The lowest BCUT2D eigenvalue weighted by Gasteiger charge is -2.24. The molecule has 164 valence electrons. The number of sulfone groups is 1. The van der Waals surface area contributed by atoms with Crippen LogP contribution in [0.1, 0.15) is 12.8 Å². The maximum Gasteiger partial charge on any atom is 0.573 e. The number of hydrogen-bond donors (Lipinski definition) is 1. The Morgan fingerprint density at radius 1 is 0.900 bits per heavy atom. The van der Waals surface area contributed by atoms with Crippen molar-refractivity contribution in [3.63, 3.8) is 0 Å². The van der Waals surface area contributed by atoms with E-state index in [2.05, 4.69) is 9.46 Å². The smallest absolute Gasteiger partial charge is 0.403 e. The lowest BCUT2D eigenvalue weighted by atomic mass is 10.1. The molecule has 1 fully saturated rings. The van der Waals surface area contributed by atoms with Gasteiger partial charge in [-0.1, -0.05) is 24.3 Å². The maximum atomic E-state index is 13.1. The lowest BCUT2D eigenvalue weighted by Crippen LogP contribution is -2.39. The molecule has 0 unspecified atom stereocenters. The molecule has 1 N–H and O–H groups in total. The molecule has 1 saturated heterocycles. The normalized spacial score (nSPS) is 16.4. The van der Waals surface area contributed by atoms with Gasteiger partial charge in [0.1, 0.15) is 9.79 Å². The third-order valence-corrected chi connectivity index (χ3v) is 7.67. The molecule has 1 aliphatic rings. The van der Waals surface area contributed by atoms with Crippen LogP contribution in [0.2, 0.25) is 0 Å². The fourth-order valence-electron chi connectivity index (χ4n) is 2.96. The first-order chi connectivity index (χ1) is 14.0. The molecular formula is C18H18F3NO6S2. The van der Waals surface area contributed by atoms with Gasteiger partial charge in [0.05, 0.1) is 4.90 Å². The van der Waals surface area contributed by atoms with Crippen LogP contribution in [0.25, 0.3) is 0 Å². The summed E-state index contributed by atoms with van der Waals surface area (Å²) >= 11 is 0. The molecule has 3 rings (SSSR count). The number of ether oxygens (including phenoxy) is 2. The zero-order valence-corrected chi connectivity index (χ0v) is 17.1. The van der Waals surface area contributed by atoms with Gasteiger partial charge in [-0.3, -0.25) is 0 Å². The first kappa shape index (κ1) is 22.5. The van der Waals surface area contributed by atoms with Gasteiger partial charge in [-0.15, -0.1) is 13.2 Å². The molecule has 0 radical (unpaired) electrons. The van der Waals surface area contributed by atoms with Crippen molar-refractivity contribution in [3.8, 4) is 5.75 Å². The number of para-hydroxylation sites is 1. The van der Waals surface area contributed by atoms with Crippen LogP contribution in [0, 0.1) is 0 Å². The molecular weight excluding hydrogens is 447 g/mol. The van der Waals surface area contributed by atoms with Gasteiger partial charge in [0.15, 0.2) is 5.75 Å². The summed E-state index contributed by atoms with van der Waals surface area (Å²) in [7, 11) is -9.02. The Balaban J connectivity index is 2.13. The number of sulfonamides is 1. The van der Waals surface area contributed by atoms with Gasteiger partial charge < -0.3 is 9.47 Å². The van der Waals surface area contributed by atoms with Crippen LogP contribution in [0.4, 0.5) is 13.2 Å². The summed E-state index contributed by atoms with van der Waals surface area (Å²) in [5, 5.41) is 0. The predicted molar refractivity (Wildman–Crippen MR) is 99.2 cm³/mol. The predicted octanol–water partition coefficient (Wildman–Crippen LogP) is 2.88. The quantitative estimate of drug-likeness (QED) is 0.705. The van der Waals surface area contributed by atoms with E-state index in [1.165, 1.54) is 30.3 Å². The van der Waals surface area contributed by atoms with Gasteiger partial charge in [0, 0.05) is 19.3 Å². The third-order valence-electron chi connectivity index (χ3n) is 4.34. The van der Waals surface area contributed by atoms with Crippen LogP contribution in [0.5, 0.6) is 5.75 Å². The highest BCUT2D eigenvalue weighted by atomic mass is 32.2. The van der Waals surface area contributed by atoms with E-state index in [0.29, 0.717) is 26.1 Å². The number of nitrogens with one attached hydrogen (secondary N) is 1. The highest BCUT2D eigenvalue weighted by Gasteiger charge is 2.38. The van der Waals surface area contributed by atoms with Gasteiger partial charge in [-0.25, -0.2) is 21.6 Å². The number of alkyl halides is 3. The maximum absolute atomic E-state index is 13.1. The van der Waals surface area contributed by atoms with E-state index in [9.17, 15) is 30.0 Å². The van der Waals surface area contributed by atoms with Gasteiger partial charge in [0.2, 0.25) is 19.9 Å². The van der Waals surface area contributed by atoms with Crippen LogP contribution in [-0.4, -0.2) is 42.5 Å². The summed E-state index contributed by atoms with van der Waals surface area (Å²) in [5.41, 5.74) is 0. The van der Waals surface area contributed by atoms with Crippen LogP contribution in [-0.2, 0) is 24.6 Å². The van der Waals surface area contributed by atoms with Crippen molar-refractivity contribution < 1.29 is 39.5 Å².